The van der Waals surface area contributed by atoms with Crippen molar-refractivity contribution in [2.45, 2.75) is 19.3 Å². The number of aromatic nitrogens is 1. The van der Waals surface area contributed by atoms with Gasteiger partial charge in [0.05, 0.1) is 0 Å². The van der Waals surface area contributed by atoms with E-state index in [1.807, 2.05) is 0 Å². The lowest BCUT2D eigenvalue weighted by Crippen LogP contribution is -2.41. The Bertz CT molecular complexity index is 456. The first-order chi connectivity index (χ1) is 8.16. The van der Waals surface area contributed by atoms with Crippen LogP contribution in [0.15, 0.2) is 24.4 Å². The van der Waals surface area contributed by atoms with Gasteiger partial charge in [0.25, 0.3) is 0 Å². The number of hydrogen-bond acceptors (Lipinski definition) is 4. The smallest absolute Gasteiger partial charge is 0.230 e. The van der Waals surface area contributed by atoms with Gasteiger partial charge in [-0.3, -0.25) is 24.7 Å². The number of carbonyl (C=O) groups is 3. The first-order valence-electron chi connectivity index (χ1n) is 5.45. The molecule has 2 rings (SSSR count). The van der Waals surface area contributed by atoms with Crippen LogP contribution >= 0.6 is 0 Å². The van der Waals surface area contributed by atoms with Crippen LogP contribution in [0.2, 0.25) is 0 Å². The number of carbonyl (C=O) groups excluding carboxylic acids is 3. The van der Waals surface area contributed by atoms with Crippen molar-refractivity contribution in [2.75, 3.05) is 0 Å². The number of ketones is 1. The summed E-state index contributed by atoms with van der Waals surface area (Å²) < 4.78 is 0. The standard InChI is InChI=1S/C12H12N2O3/c15-10(9-3-1-2-6-13-9)7-8-4-5-11(16)14-12(8)17/h1-3,6,8H,4-5,7H2,(H,14,16,17). The van der Waals surface area contributed by atoms with Crippen LogP contribution in [0.1, 0.15) is 29.8 Å². The van der Waals surface area contributed by atoms with Gasteiger partial charge in [0.1, 0.15) is 5.69 Å². The highest BCUT2D eigenvalue weighted by molar-refractivity contribution is 6.02. The van der Waals surface area contributed by atoms with Crippen molar-refractivity contribution in [1.29, 1.82) is 0 Å². The van der Waals surface area contributed by atoms with Gasteiger partial charge in [-0.2, -0.15) is 0 Å². The molecule has 0 bridgehead atoms. The number of piperidine rings is 1. The van der Waals surface area contributed by atoms with E-state index in [1.54, 1.807) is 18.2 Å². The van der Waals surface area contributed by atoms with Gasteiger partial charge >= 0.3 is 0 Å². The SMILES string of the molecule is O=C1CCC(CC(=O)c2ccccn2)C(=O)N1. The van der Waals surface area contributed by atoms with Crippen LogP contribution in [-0.4, -0.2) is 22.6 Å². The highest BCUT2D eigenvalue weighted by Crippen LogP contribution is 2.18. The lowest BCUT2D eigenvalue weighted by atomic mass is 9.92. The maximum atomic E-state index is 11.8. The predicted molar refractivity (Wildman–Crippen MR) is 59.1 cm³/mol. The van der Waals surface area contributed by atoms with E-state index in [4.69, 9.17) is 0 Å². The second kappa shape index (κ2) is 4.86. The Morgan fingerprint density at radius 1 is 1.41 bits per heavy atom. The van der Waals surface area contributed by atoms with Gasteiger partial charge in [-0.15, -0.1) is 0 Å². The first-order valence-corrected chi connectivity index (χ1v) is 5.45. The number of Topliss-reactive ketones (excluding diaryl/α,β-unsaturated/α-hetero) is 1. The number of amides is 2. The van der Waals surface area contributed by atoms with E-state index in [2.05, 4.69) is 10.3 Å². The highest BCUT2D eigenvalue weighted by atomic mass is 16.2. The van der Waals surface area contributed by atoms with Crippen LogP contribution in [-0.2, 0) is 9.59 Å². The summed E-state index contributed by atoms with van der Waals surface area (Å²) in [5.74, 6) is -1.20. The predicted octanol–water partition coefficient (Wildman–Crippen LogP) is 0.707. The lowest BCUT2D eigenvalue weighted by Gasteiger charge is -2.19. The molecule has 1 fully saturated rings. The molecule has 0 aromatic carbocycles. The summed E-state index contributed by atoms with van der Waals surface area (Å²) in [6.07, 6.45) is 2.38. The Labute approximate surface area is 98.2 Å². The monoisotopic (exact) mass is 232 g/mol. The fourth-order valence-electron chi connectivity index (χ4n) is 1.79. The van der Waals surface area contributed by atoms with E-state index < -0.39 is 5.92 Å². The molecule has 0 aliphatic carbocycles. The zero-order valence-electron chi connectivity index (χ0n) is 9.18. The second-order valence-electron chi connectivity index (χ2n) is 3.99. The van der Waals surface area contributed by atoms with Crippen molar-refractivity contribution < 1.29 is 14.4 Å². The molecule has 0 saturated carbocycles. The van der Waals surface area contributed by atoms with E-state index in [0.29, 0.717) is 18.5 Å². The van der Waals surface area contributed by atoms with Crippen LogP contribution in [0.3, 0.4) is 0 Å². The normalized spacial score (nSPS) is 19.9. The molecule has 17 heavy (non-hydrogen) atoms. The van der Waals surface area contributed by atoms with Crippen molar-refractivity contribution in [1.82, 2.24) is 10.3 Å². The van der Waals surface area contributed by atoms with E-state index >= 15 is 0 Å². The number of imide groups is 1. The molecule has 5 nitrogen and oxygen atoms in total. The Morgan fingerprint density at radius 2 is 2.24 bits per heavy atom. The van der Waals surface area contributed by atoms with Gasteiger partial charge < -0.3 is 0 Å². The zero-order valence-corrected chi connectivity index (χ0v) is 9.18. The molecule has 0 spiro atoms. The molecule has 88 valence electrons. The number of pyridine rings is 1. The van der Waals surface area contributed by atoms with Crippen molar-refractivity contribution in [3.63, 3.8) is 0 Å². The molecule has 1 atom stereocenters. The van der Waals surface area contributed by atoms with Crippen LogP contribution in [0, 0.1) is 5.92 Å². The maximum absolute atomic E-state index is 11.8. The average Bonchev–Trinajstić information content (AvgIpc) is 2.34. The number of nitrogens with one attached hydrogen (secondary N) is 1. The van der Waals surface area contributed by atoms with Gasteiger partial charge in [0.2, 0.25) is 11.8 Å². The molecular formula is C12H12N2O3. The summed E-state index contributed by atoms with van der Waals surface area (Å²) in [4.78, 5) is 38.2. The molecule has 1 saturated heterocycles. The van der Waals surface area contributed by atoms with Crippen LogP contribution in [0.4, 0.5) is 0 Å². The summed E-state index contributed by atoms with van der Waals surface area (Å²) in [5, 5.41) is 2.24. The van der Waals surface area contributed by atoms with Gasteiger partial charge in [0.15, 0.2) is 5.78 Å². The third-order valence-corrected chi connectivity index (χ3v) is 2.74. The molecule has 1 N–H and O–H groups in total. The molecule has 2 heterocycles. The maximum Gasteiger partial charge on any atom is 0.230 e. The quantitative estimate of drug-likeness (QED) is 0.615. The fraction of sp³-hybridized carbons (Fsp3) is 0.333. The molecule has 1 aliphatic heterocycles. The Kier molecular flexibility index (Phi) is 3.27. The third-order valence-electron chi connectivity index (χ3n) is 2.74. The van der Waals surface area contributed by atoms with E-state index in [0.717, 1.165) is 0 Å². The van der Waals surface area contributed by atoms with Crippen LogP contribution in [0.25, 0.3) is 0 Å². The lowest BCUT2D eigenvalue weighted by molar-refractivity contribution is -0.136. The number of rotatable bonds is 3. The summed E-state index contributed by atoms with van der Waals surface area (Å²) in [6, 6.07) is 5.07. The van der Waals surface area contributed by atoms with Crippen LogP contribution in [0.5, 0.6) is 0 Å². The molecule has 1 aromatic heterocycles. The van der Waals surface area contributed by atoms with Crippen molar-refractivity contribution in [2.24, 2.45) is 5.92 Å². The molecule has 1 unspecified atom stereocenters. The van der Waals surface area contributed by atoms with E-state index in [-0.39, 0.29) is 24.0 Å². The molecule has 0 radical (unpaired) electrons. The second-order valence-corrected chi connectivity index (χ2v) is 3.99. The molecule has 5 heteroatoms. The van der Waals surface area contributed by atoms with Crippen molar-refractivity contribution >= 4 is 17.6 Å². The molecular weight excluding hydrogens is 220 g/mol. The summed E-state index contributed by atoms with van der Waals surface area (Å²) in [6.45, 7) is 0. The minimum atomic E-state index is -0.415. The van der Waals surface area contributed by atoms with Gasteiger partial charge in [-0.1, -0.05) is 6.07 Å². The Morgan fingerprint density at radius 3 is 2.88 bits per heavy atom. The fourth-order valence-corrected chi connectivity index (χ4v) is 1.79. The van der Waals surface area contributed by atoms with Gasteiger partial charge in [-0.25, -0.2) is 0 Å². The van der Waals surface area contributed by atoms with Gasteiger partial charge in [-0.05, 0) is 18.6 Å². The van der Waals surface area contributed by atoms with E-state index in [9.17, 15) is 14.4 Å². The van der Waals surface area contributed by atoms with Crippen molar-refractivity contribution in [3.05, 3.63) is 30.1 Å². The topological polar surface area (TPSA) is 76.1 Å². The molecule has 2 amide bonds. The summed E-state index contributed by atoms with van der Waals surface area (Å²) in [7, 11) is 0. The largest absolute Gasteiger partial charge is 0.296 e. The van der Waals surface area contributed by atoms with E-state index in [1.165, 1.54) is 6.20 Å². The average molecular weight is 232 g/mol. The minimum Gasteiger partial charge on any atom is -0.296 e. The number of nitrogens with zero attached hydrogens (tertiary/aromatic N) is 1. The Hall–Kier alpha value is -2.04. The van der Waals surface area contributed by atoms with Gasteiger partial charge in [0, 0.05) is 25.0 Å². The Balaban J connectivity index is 2.00. The van der Waals surface area contributed by atoms with Crippen molar-refractivity contribution in [3.8, 4) is 0 Å². The first kappa shape index (κ1) is 11.4. The van der Waals surface area contributed by atoms with Crippen LogP contribution < -0.4 is 5.32 Å². The zero-order chi connectivity index (χ0) is 12.3. The summed E-state index contributed by atoms with van der Waals surface area (Å²) >= 11 is 0. The number of hydrogen-bond donors (Lipinski definition) is 1. The highest BCUT2D eigenvalue weighted by Gasteiger charge is 2.28. The molecule has 1 aliphatic rings. The summed E-state index contributed by atoms with van der Waals surface area (Å²) in [5.41, 5.74) is 0.359. The third kappa shape index (κ3) is 2.75. The minimum absolute atomic E-state index is 0.107. The molecule has 1 aromatic rings.